The molecule has 1 aromatic carbocycles. The highest BCUT2D eigenvalue weighted by molar-refractivity contribution is 7.15. The third-order valence-electron chi connectivity index (χ3n) is 15.3. The fourth-order valence-electron chi connectivity index (χ4n) is 10.6. The number of amides is 6. The topological polar surface area (TPSA) is 360 Å². The number of urea groups is 1. The number of rotatable bonds is 15. The van der Waals surface area contributed by atoms with Gasteiger partial charge in [0.2, 0.25) is 11.8 Å². The molecule has 31 heteroatoms. The number of ether oxygens (including phenoxy) is 1. The minimum absolute atomic E-state index is 0.0123. The fraction of sp³-hybridized carbons (Fsp3) is 0.383. The first kappa shape index (κ1) is 65.8. The second kappa shape index (κ2) is 29.4. The summed E-state index contributed by atoms with van der Waals surface area (Å²) in [4.78, 5) is 143. The molecule has 1 unspecified atom stereocenters. The standard InChI is InChI=1S/C60H63N13O12S6/c1-28(2)34-18-40(74)47-29(3)90-58(71-47)36(19-43(75)61-4)64-52(82)38-25-86-54(66-38)33-13-14-35(56-68-42(27-89-56)69-60(84)73-21-30(11-15-45(77)78)17-31(22-73)12-16-46(79)80)63-48(33)37-24-87-57(65-37)39-26-88-59(67-39)50(51(81)32-9-7-6-8-10-32)70-44(76)20-62-53(83)49-41(23-85-5)91-55(34)72-49/h6-10,13-14,24-28,30-31,34,36,50-51,81H,11-12,15-23H2,1-5H3,(H,61,75)(H,62,83)(H,64,82)(H,69,84)(H,70,76)(H,77,78)(H,79,80)/t30-,31+,34?,36-,50-,51-/m0/s1. The number of nitrogens with zero attached hydrogens (tertiary/aromatic N) is 8. The Bertz CT molecular complexity index is 3980. The predicted molar refractivity (Wildman–Crippen MR) is 344 cm³/mol. The fourth-order valence-corrected chi connectivity index (χ4v) is 16.2. The Labute approximate surface area is 545 Å². The van der Waals surface area contributed by atoms with Crippen molar-refractivity contribution in [3.8, 4) is 43.4 Å². The second-order valence-electron chi connectivity index (χ2n) is 22.1. The highest BCUT2D eigenvalue weighted by atomic mass is 32.1. The van der Waals surface area contributed by atoms with Gasteiger partial charge in [-0.25, -0.2) is 39.7 Å². The van der Waals surface area contributed by atoms with Crippen LogP contribution in [0.1, 0.15) is 145 Å². The Morgan fingerprint density at radius 2 is 1.38 bits per heavy atom. The van der Waals surface area contributed by atoms with E-state index in [4.69, 9.17) is 39.6 Å². The quantitative estimate of drug-likeness (QED) is 0.0473. The van der Waals surface area contributed by atoms with Crippen molar-refractivity contribution >= 4 is 121 Å². The number of thiazole rings is 6. The first-order valence-corrected chi connectivity index (χ1v) is 34.0. The first-order chi connectivity index (χ1) is 43.7. The van der Waals surface area contributed by atoms with Crippen LogP contribution in [0.25, 0.3) is 43.4 Å². The van der Waals surface area contributed by atoms with Gasteiger partial charge in [-0.1, -0.05) is 44.2 Å². The molecule has 25 nitrogen and oxygen atoms in total. The van der Waals surface area contributed by atoms with Gasteiger partial charge in [-0.15, -0.1) is 68.0 Å². The number of carboxylic acid groups (broad SMARTS) is 2. The van der Waals surface area contributed by atoms with Crippen molar-refractivity contribution in [3.05, 3.63) is 111 Å². The average molecular weight is 1350 g/mol. The van der Waals surface area contributed by atoms with Crippen molar-refractivity contribution in [3.63, 3.8) is 0 Å². The molecule has 0 aliphatic carbocycles. The number of methoxy groups -OCH3 is 1. The molecule has 1 saturated heterocycles. The van der Waals surface area contributed by atoms with Crippen LogP contribution in [0.4, 0.5) is 10.6 Å². The molecule has 91 heavy (non-hydrogen) atoms. The number of likely N-dealkylation sites (tertiary alicyclic amines) is 1. The van der Waals surface area contributed by atoms with E-state index >= 15 is 0 Å². The molecule has 6 atom stereocenters. The van der Waals surface area contributed by atoms with Crippen LogP contribution in [0.2, 0.25) is 0 Å². The van der Waals surface area contributed by atoms with Gasteiger partial charge in [0.25, 0.3) is 11.8 Å². The third-order valence-corrected chi connectivity index (χ3v) is 21.1. The molecule has 7 aromatic heterocycles. The van der Waals surface area contributed by atoms with Crippen molar-refractivity contribution in [2.24, 2.45) is 17.8 Å². The molecule has 10 bridgehead atoms. The summed E-state index contributed by atoms with van der Waals surface area (Å²) >= 11 is 7.18. The second-order valence-corrected chi connectivity index (χ2v) is 27.9. The number of aliphatic hydroxyl groups is 1. The van der Waals surface area contributed by atoms with E-state index in [2.05, 4.69) is 26.6 Å². The Balaban J connectivity index is 1.01. The molecular formula is C60H63N13O12S6. The number of carbonyl (C=O) groups is 8. The normalized spacial score (nSPS) is 18.6. The molecule has 9 heterocycles. The van der Waals surface area contributed by atoms with Crippen LogP contribution in [0.15, 0.2) is 64.0 Å². The number of ketones is 1. The number of anilines is 1. The lowest BCUT2D eigenvalue weighted by Crippen LogP contribution is -2.46. The van der Waals surface area contributed by atoms with Crippen LogP contribution in [-0.4, -0.2) is 136 Å². The number of fused-ring (bicyclic) bond motifs is 14. The predicted octanol–water partition coefficient (Wildman–Crippen LogP) is 9.40. The van der Waals surface area contributed by atoms with E-state index in [1.165, 1.54) is 70.8 Å². The van der Waals surface area contributed by atoms with Gasteiger partial charge in [0, 0.05) is 84.4 Å². The number of aromatic nitrogens is 7. The molecule has 476 valence electrons. The molecule has 1 fully saturated rings. The van der Waals surface area contributed by atoms with E-state index in [9.17, 15) is 53.7 Å². The monoisotopic (exact) mass is 1350 g/mol. The number of nitrogens with one attached hydrogen (secondary N) is 5. The third kappa shape index (κ3) is 15.9. The number of carbonyl (C=O) groups excluding carboxylic acids is 6. The van der Waals surface area contributed by atoms with Gasteiger partial charge in [-0.2, -0.15) is 0 Å². The summed E-state index contributed by atoms with van der Waals surface area (Å²) in [6.45, 7) is 5.68. The maximum atomic E-state index is 14.4. The lowest BCUT2D eigenvalue weighted by atomic mass is 9.84. The van der Waals surface area contributed by atoms with Gasteiger partial charge in [-0.05, 0) is 61.6 Å². The number of hydrogen-bond donors (Lipinski definition) is 8. The van der Waals surface area contributed by atoms with Crippen molar-refractivity contribution in [1.29, 1.82) is 0 Å². The maximum Gasteiger partial charge on any atom is 0.323 e. The molecule has 0 saturated carbocycles. The minimum atomic E-state index is -1.29. The summed E-state index contributed by atoms with van der Waals surface area (Å²) in [5, 5.41) is 53.8. The summed E-state index contributed by atoms with van der Waals surface area (Å²) in [6, 6.07) is 9.67. The molecule has 8 N–H and O–H groups in total. The largest absolute Gasteiger partial charge is 0.481 e. The van der Waals surface area contributed by atoms with E-state index in [-0.39, 0.29) is 91.8 Å². The minimum Gasteiger partial charge on any atom is -0.481 e. The smallest absolute Gasteiger partial charge is 0.323 e. The highest BCUT2D eigenvalue weighted by Crippen LogP contribution is 2.41. The van der Waals surface area contributed by atoms with Crippen LogP contribution in [0, 0.1) is 24.7 Å². The average Bonchev–Trinajstić information content (AvgIpc) is 2.23. The number of Topliss-reactive ketones (excluding diaryl/α,β-unsaturated/α-hetero) is 1. The summed E-state index contributed by atoms with van der Waals surface area (Å²) in [5.74, 6) is -5.27. The van der Waals surface area contributed by atoms with Crippen molar-refractivity contribution in [1.82, 2.24) is 61.1 Å². The number of benzene rings is 1. The zero-order valence-electron chi connectivity index (χ0n) is 49.7. The molecule has 0 spiro atoms. The van der Waals surface area contributed by atoms with Crippen LogP contribution in [0.3, 0.4) is 0 Å². The Kier molecular flexibility index (Phi) is 21.3. The van der Waals surface area contributed by atoms with Crippen molar-refractivity contribution < 1.29 is 58.4 Å². The number of aliphatic hydroxyl groups excluding tert-OH is 1. The molecule has 2 aliphatic heterocycles. The van der Waals surface area contributed by atoms with Crippen molar-refractivity contribution in [2.45, 2.75) is 96.4 Å². The van der Waals surface area contributed by atoms with E-state index in [1.807, 2.05) is 13.8 Å². The number of piperidine rings is 1. The van der Waals surface area contributed by atoms with E-state index in [1.54, 1.807) is 75.8 Å². The number of aryl methyl sites for hydroxylation is 1. The van der Waals surface area contributed by atoms with Crippen LogP contribution in [0.5, 0.6) is 0 Å². The first-order valence-electron chi connectivity index (χ1n) is 28.9. The SMILES string of the molecule is CNC(=O)C[C@@H]1NC(=O)c2csc(n2)-c2ccc(-c3nc(NC(=O)N4C[C@H](CCC(=O)O)C[C@H](CCC(=O)O)C4)cs3)nc2-c2csc(n2)-c2csc(n2)[C@H]([C@@H](O)c2ccccc2)NC(=O)CNC(=O)c2nc(sc2COC)C(C(C)C)CC(=O)c2nc1sc2C. The molecule has 2 aliphatic rings. The van der Waals surface area contributed by atoms with Crippen LogP contribution in [-0.2, 0) is 30.5 Å². The molecule has 0 radical (unpaired) electrons. The summed E-state index contributed by atoms with van der Waals surface area (Å²) < 4.78 is 5.47. The van der Waals surface area contributed by atoms with E-state index in [0.717, 1.165) is 11.3 Å². The molecule has 10 rings (SSSR count). The Hall–Kier alpha value is -8.17. The van der Waals surface area contributed by atoms with Gasteiger partial charge in [-0.3, -0.25) is 38.9 Å². The molecular weight excluding hydrogens is 1290 g/mol. The van der Waals surface area contributed by atoms with Gasteiger partial charge in [0.1, 0.15) is 77.2 Å². The van der Waals surface area contributed by atoms with Gasteiger partial charge in [0.15, 0.2) is 5.78 Å². The Morgan fingerprint density at radius 1 is 0.714 bits per heavy atom. The van der Waals surface area contributed by atoms with Gasteiger partial charge < -0.3 is 46.2 Å². The van der Waals surface area contributed by atoms with Crippen molar-refractivity contribution in [2.75, 3.05) is 39.1 Å². The van der Waals surface area contributed by atoms with E-state index < -0.39 is 72.2 Å². The van der Waals surface area contributed by atoms with Gasteiger partial charge >= 0.3 is 18.0 Å². The molecule has 6 amide bonds. The molecule has 8 aromatic rings. The summed E-state index contributed by atoms with van der Waals surface area (Å²) in [6.07, 6.45) is -0.463. The van der Waals surface area contributed by atoms with Crippen LogP contribution < -0.4 is 26.6 Å². The number of pyridine rings is 1. The number of aliphatic carboxylic acids is 2. The lowest BCUT2D eigenvalue weighted by molar-refractivity contribution is -0.138. The lowest BCUT2D eigenvalue weighted by Gasteiger charge is -2.37. The number of carboxylic acids is 2. The summed E-state index contributed by atoms with van der Waals surface area (Å²) in [7, 11) is 2.95. The van der Waals surface area contributed by atoms with E-state index in [0.29, 0.717) is 93.0 Å². The van der Waals surface area contributed by atoms with Crippen LogP contribution >= 0.6 is 68.0 Å². The zero-order valence-corrected chi connectivity index (χ0v) is 54.6. The summed E-state index contributed by atoms with van der Waals surface area (Å²) in [5.41, 5.74) is 2.66. The highest BCUT2D eigenvalue weighted by Gasteiger charge is 2.35. The Morgan fingerprint density at radius 3 is 2.09 bits per heavy atom. The maximum absolute atomic E-state index is 14.4. The number of hydrogen-bond acceptors (Lipinski definition) is 23. The zero-order chi connectivity index (χ0) is 64.6. The van der Waals surface area contributed by atoms with Gasteiger partial charge in [0.05, 0.1) is 41.2 Å².